The van der Waals surface area contributed by atoms with E-state index in [-0.39, 0.29) is 18.4 Å². The summed E-state index contributed by atoms with van der Waals surface area (Å²) in [5.74, 6) is 0.852. The molecule has 1 N–H and O–H groups in total. The Morgan fingerprint density at radius 1 is 1.09 bits per heavy atom. The van der Waals surface area contributed by atoms with E-state index in [4.69, 9.17) is 4.42 Å². The van der Waals surface area contributed by atoms with Crippen LogP contribution in [-0.4, -0.2) is 47.5 Å². The van der Waals surface area contributed by atoms with Gasteiger partial charge in [-0.05, 0) is 72.9 Å². The third kappa shape index (κ3) is 3.95. The first-order chi connectivity index (χ1) is 16.6. The van der Waals surface area contributed by atoms with Gasteiger partial charge in [-0.15, -0.1) is 0 Å². The van der Waals surface area contributed by atoms with E-state index in [2.05, 4.69) is 14.7 Å². The van der Waals surface area contributed by atoms with Gasteiger partial charge in [-0.2, -0.15) is 30.6 Å². The molecule has 2 bridgehead atoms. The van der Waals surface area contributed by atoms with Crippen molar-refractivity contribution < 1.29 is 26.0 Å². The normalized spacial score (nSPS) is 27.7. The van der Waals surface area contributed by atoms with Gasteiger partial charge in [0.1, 0.15) is 12.2 Å². The summed E-state index contributed by atoms with van der Waals surface area (Å²) < 4.78 is 73.7. The number of benzene rings is 1. The Kier molecular flexibility index (Phi) is 5.10. The molecule has 0 unspecified atom stereocenters. The van der Waals surface area contributed by atoms with Gasteiger partial charge in [0.05, 0.1) is 11.7 Å². The number of nitrogens with one attached hydrogen (secondary N) is 1. The van der Waals surface area contributed by atoms with Crippen LogP contribution in [0.5, 0.6) is 0 Å². The Morgan fingerprint density at radius 3 is 2.57 bits per heavy atom. The topological polar surface area (TPSA) is 88.3 Å². The van der Waals surface area contributed by atoms with Gasteiger partial charge in [0, 0.05) is 18.3 Å². The van der Waals surface area contributed by atoms with E-state index < -0.39 is 28.5 Å². The molecule has 11 heteroatoms. The highest BCUT2D eigenvalue weighted by atomic mass is 32.2. The number of fused-ring (bicyclic) bond motifs is 1. The molecule has 35 heavy (non-hydrogen) atoms. The number of hydrogen-bond donors (Lipinski definition) is 1. The number of alkyl halides is 3. The van der Waals surface area contributed by atoms with Crippen molar-refractivity contribution in [1.82, 2.24) is 19.0 Å². The number of halogens is 3. The smallest absolute Gasteiger partial charge is 0.402 e. The van der Waals surface area contributed by atoms with Gasteiger partial charge in [0.25, 0.3) is 10.2 Å². The van der Waals surface area contributed by atoms with Crippen LogP contribution in [0, 0.1) is 11.8 Å². The summed E-state index contributed by atoms with van der Waals surface area (Å²) in [7, 11) is -4.20. The molecule has 184 valence electrons. The zero-order valence-electron chi connectivity index (χ0n) is 18.6. The molecule has 0 radical (unpaired) electrons. The Bertz CT molecular complexity index is 1380. The van der Waals surface area contributed by atoms with Gasteiger partial charge in [0.2, 0.25) is 5.89 Å². The summed E-state index contributed by atoms with van der Waals surface area (Å²) >= 11 is 0. The number of pyridine rings is 1. The van der Waals surface area contributed by atoms with Crippen LogP contribution >= 0.6 is 0 Å². The Balaban J connectivity index is 1.30. The third-order valence-corrected chi connectivity index (χ3v) is 9.16. The number of hydrogen-bond acceptors (Lipinski definition) is 5. The van der Waals surface area contributed by atoms with Crippen molar-refractivity contribution in [3.05, 3.63) is 59.9 Å². The molecule has 1 saturated heterocycles. The minimum atomic E-state index is -4.59. The van der Waals surface area contributed by atoms with E-state index in [1.54, 1.807) is 12.4 Å². The molecule has 1 spiro atoms. The lowest BCUT2D eigenvalue weighted by molar-refractivity contribution is -0.136. The molecule has 2 aliphatic carbocycles. The minimum absolute atomic E-state index is 0.0647. The molecule has 1 saturated carbocycles. The van der Waals surface area contributed by atoms with Gasteiger partial charge in [0.15, 0.2) is 5.76 Å². The number of aromatic nitrogens is 2. The summed E-state index contributed by atoms with van der Waals surface area (Å²) in [6.45, 7) is -1.62. The van der Waals surface area contributed by atoms with Gasteiger partial charge < -0.3 is 4.42 Å². The molecular weight excluding hydrogens is 481 g/mol. The Hall–Kier alpha value is -2.76. The fourth-order valence-electron chi connectivity index (χ4n) is 6.01. The monoisotopic (exact) mass is 504 g/mol. The van der Waals surface area contributed by atoms with Crippen LogP contribution in [0.3, 0.4) is 0 Å². The van der Waals surface area contributed by atoms with E-state index in [9.17, 15) is 21.6 Å². The van der Waals surface area contributed by atoms with Gasteiger partial charge >= 0.3 is 6.18 Å². The highest BCUT2D eigenvalue weighted by Gasteiger charge is 2.60. The van der Waals surface area contributed by atoms with E-state index in [1.807, 2.05) is 36.4 Å². The average molecular weight is 505 g/mol. The first-order valence-electron chi connectivity index (χ1n) is 11.5. The molecule has 1 aliphatic heterocycles. The summed E-state index contributed by atoms with van der Waals surface area (Å²) in [4.78, 5) is 8.69. The first-order valence-corrected chi connectivity index (χ1v) is 12.9. The van der Waals surface area contributed by atoms with Crippen molar-refractivity contribution in [2.24, 2.45) is 11.8 Å². The highest BCUT2D eigenvalue weighted by molar-refractivity contribution is 7.87. The summed E-state index contributed by atoms with van der Waals surface area (Å²) in [5, 5.41) is 0. The van der Waals surface area contributed by atoms with E-state index in [0.717, 1.165) is 29.5 Å². The largest absolute Gasteiger partial charge is 0.434 e. The number of oxazole rings is 1. The van der Waals surface area contributed by atoms with Crippen molar-refractivity contribution in [2.45, 2.75) is 37.4 Å². The molecule has 7 nitrogen and oxygen atoms in total. The lowest BCUT2D eigenvalue weighted by Gasteiger charge is -2.33. The zero-order valence-corrected chi connectivity index (χ0v) is 19.4. The quantitative estimate of drug-likeness (QED) is 0.583. The molecule has 1 aromatic carbocycles. The SMILES string of the molecule is O=S1(=O)N[C@@]2(CN1CC(F)(F)F)[C@@H]1CC[C@H]2Cc2ccc(-c3ncc(-c4ccccn4)o3)cc2C1. The van der Waals surface area contributed by atoms with Crippen molar-refractivity contribution in [3.8, 4) is 22.9 Å². The van der Waals surface area contributed by atoms with Crippen molar-refractivity contribution >= 4 is 10.2 Å². The summed E-state index contributed by atoms with van der Waals surface area (Å²) in [5.41, 5.74) is 2.73. The predicted molar refractivity (Wildman–Crippen MR) is 121 cm³/mol. The number of rotatable bonds is 3. The second-order valence-corrected chi connectivity index (χ2v) is 11.3. The van der Waals surface area contributed by atoms with Crippen molar-refractivity contribution in [2.75, 3.05) is 13.1 Å². The first kappa shape index (κ1) is 22.7. The molecule has 3 aliphatic rings. The van der Waals surface area contributed by atoms with Crippen LogP contribution < -0.4 is 4.72 Å². The molecular formula is C24H23F3N4O3S. The molecule has 3 atom stereocenters. The van der Waals surface area contributed by atoms with Crippen LogP contribution in [0.4, 0.5) is 13.2 Å². The maximum Gasteiger partial charge on any atom is 0.402 e. The van der Waals surface area contributed by atoms with E-state index >= 15 is 0 Å². The maximum atomic E-state index is 13.1. The van der Waals surface area contributed by atoms with Crippen molar-refractivity contribution in [3.63, 3.8) is 0 Å². The molecule has 6 rings (SSSR count). The standard InChI is InChI=1S/C24H23F3N4O3S/c25-24(26,27)14-31-13-23(30-35(31,32)33)18-6-7-19(23)11-17-9-16(5-4-15(17)10-18)22-29-12-21(34-22)20-3-1-2-8-28-20/h1-5,8-9,12,18-19,30H,6-7,10-11,13-14H2/t18-,19+,23+/m0/s1. The Labute approximate surface area is 200 Å². The lowest BCUT2D eigenvalue weighted by Crippen LogP contribution is -2.52. The van der Waals surface area contributed by atoms with Gasteiger partial charge in [-0.1, -0.05) is 12.1 Å². The second kappa shape index (κ2) is 7.87. The van der Waals surface area contributed by atoms with Crippen LogP contribution in [0.25, 0.3) is 22.9 Å². The fraction of sp³-hybridized carbons (Fsp3) is 0.417. The molecule has 3 heterocycles. The fourth-order valence-corrected chi connectivity index (χ4v) is 7.72. The second-order valence-electron chi connectivity index (χ2n) is 9.64. The zero-order chi connectivity index (χ0) is 24.4. The predicted octanol–water partition coefficient (Wildman–Crippen LogP) is 3.98. The third-order valence-electron chi connectivity index (χ3n) is 7.58. The van der Waals surface area contributed by atoms with Crippen molar-refractivity contribution in [1.29, 1.82) is 0 Å². The maximum absolute atomic E-state index is 13.1. The van der Waals surface area contributed by atoms with Crippen LogP contribution in [0.1, 0.15) is 24.0 Å². The van der Waals surface area contributed by atoms with Crippen LogP contribution in [0.2, 0.25) is 0 Å². The van der Waals surface area contributed by atoms with E-state index in [0.29, 0.717) is 34.5 Å². The van der Waals surface area contributed by atoms with Gasteiger partial charge in [-0.3, -0.25) is 4.98 Å². The number of nitrogens with zero attached hydrogens (tertiary/aromatic N) is 3. The average Bonchev–Trinajstić information content (AvgIpc) is 3.43. The van der Waals surface area contributed by atoms with Crippen LogP contribution in [0.15, 0.2) is 53.2 Å². The summed E-state index contributed by atoms with van der Waals surface area (Å²) in [6.07, 6.45) is 1.45. The summed E-state index contributed by atoms with van der Waals surface area (Å²) in [6, 6.07) is 11.5. The van der Waals surface area contributed by atoms with E-state index in [1.165, 1.54) is 0 Å². The van der Waals surface area contributed by atoms with Gasteiger partial charge in [-0.25, -0.2) is 4.98 Å². The molecule has 2 fully saturated rings. The molecule has 0 amide bonds. The Morgan fingerprint density at radius 2 is 1.86 bits per heavy atom. The van der Waals surface area contributed by atoms with Crippen LogP contribution in [-0.2, 0) is 23.1 Å². The molecule has 2 aromatic heterocycles. The lowest BCUT2D eigenvalue weighted by atomic mass is 9.79. The molecule has 3 aromatic rings. The minimum Gasteiger partial charge on any atom is -0.434 e. The highest BCUT2D eigenvalue weighted by Crippen LogP contribution is 2.50.